The largest absolute Gasteiger partial charge is 0.497 e. The molecule has 0 aromatic heterocycles. The molecular formula is C18H21O2. The zero-order valence-electron chi connectivity index (χ0n) is 12.1. The van der Waals surface area contributed by atoms with Crippen molar-refractivity contribution in [3.63, 3.8) is 0 Å². The van der Waals surface area contributed by atoms with Crippen molar-refractivity contribution in [1.82, 2.24) is 0 Å². The molecular weight excluding hydrogens is 248 g/mol. The highest BCUT2D eigenvalue weighted by Gasteiger charge is 2.04. The molecule has 2 aromatic rings. The number of aryl methyl sites for hydroxylation is 2. The van der Waals surface area contributed by atoms with E-state index >= 15 is 0 Å². The second-order valence-electron chi connectivity index (χ2n) is 4.68. The van der Waals surface area contributed by atoms with Gasteiger partial charge in [-0.25, -0.2) is 0 Å². The Labute approximate surface area is 121 Å². The minimum Gasteiger partial charge on any atom is -0.497 e. The summed E-state index contributed by atoms with van der Waals surface area (Å²) in [5, 5.41) is 0. The summed E-state index contributed by atoms with van der Waals surface area (Å²) in [6, 6.07) is 16.5. The molecule has 0 bridgehead atoms. The van der Waals surface area contributed by atoms with Gasteiger partial charge in [-0.1, -0.05) is 37.3 Å². The Bertz CT molecular complexity index is 534. The van der Waals surface area contributed by atoms with Crippen LogP contribution in [0.3, 0.4) is 0 Å². The highest BCUT2D eigenvalue weighted by Crippen LogP contribution is 2.21. The van der Waals surface area contributed by atoms with E-state index in [4.69, 9.17) is 9.47 Å². The van der Waals surface area contributed by atoms with E-state index in [-0.39, 0.29) is 0 Å². The smallest absolute Gasteiger partial charge is 0.122 e. The van der Waals surface area contributed by atoms with E-state index in [0.717, 1.165) is 24.3 Å². The van der Waals surface area contributed by atoms with Gasteiger partial charge in [0, 0.05) is 0 Å². The van der Waals surface area contributed by atoms with Crippen LogP contribution < -0.4 is 9.47 Å². The van der Waals surface area contributed by atoms with Crippen LogP contribution in [0.1, 0.15) is 18.1 Å². The Morgan fingerprint density at radius 2 is 1.85 bits per heavy atom. The Kier molecular flexibility index (Phi) is 5.48. The third kappa shape index (κ3) is 4.02. The number of hydrogen-bond donors (Lipinski definition) is 0. The maximum absolute atomic E-state index is 5.74. The first-order chi connectivity index (χ1) is 9.83. The van der Waals surface area contributed by atoms with Gasteiger partial charge in [0.2, 0.25) is 0 Å². The van der Waals surface area contributed by atoms with Gasteiger partial charge in [-0.2, -0.15) is 0 Å². The Balaban J connectivity index is 2.02. The molecule has 0 aliphatic heterocycles. The van der Waals surface area contributed by atoms with Crippen LogP contribution in [0.5, 0.6) is 11.5 Å². The zero-order valence-corrected chi connectivity index (χ0v) is 12.1. The van der Waals surface area contributed by atoms with E-state index in [1.807, 2.05) is 37.6 Å². The van der Waals surface area contributed by atoms with Gasteiger partial charge in [-0.15, -0.1) is 0 Å². The van der Waals surface area contributed by atoms with Crippen molar-refractivity contribution >= 4 is 0 Å². The molecule has 20 heavy (non-hydrogen) atoms. The van der Waals surface area contributed by atoms with E-state index in [1.54, 1.807) is 7.11 Å². The minimum absolute atomic E-state index is 0.649. The number of methoxy groups -OCH3 is 1. The maximum Gasteiger partial charge on any atom is 0.122 e. The minimum atomic E-state index is 0.649. The molecule has 0 saturated carbocycles. The normalized spacial score (nSPS) is 10.3. The SMILES string of the molecule is C[CH]COc1ccccc1CCc1cccc(OC)c1. The third-order valence-electron chi connectivity index (χ3n) is 3.20. The molecule has 2 rings (SSSR count). The quantitative estimate of drug-likeness (QED) is 0.754. The van der Waals surface area contributed by atoms with E-state index in [9.17, 15) is 0 Å². The summed E-state index contributed by atoms with van der Waals surface area (Å²) >= 11 is 0. The van der Waals surface area contributed by atoms with Crippen molar-refractivity contribution in [2.24, 2.45) is 0 Å². The first kappa shape index (κ1) is 14.4. The molecule has 0 saturated heterocycles. The predicted octanol–water partition coefficient (Wildman–Crippen LogP) is 4.08. The second-order valence-corrected chi connectivity index (χ2v) is 4.68. The lowest BCUT2D eigenvalue weighted by Crippen LogP contribution is -2.00. The van der Waals surface area contributed by atoms with Crippen LogP contribution in [0.15, 0.2) is 48.5 Å². The van der Waals surface area contributed by atoms with Crippen LogP contribution in [-0.4, -0.2) is 13.7 Å². The molecule has 0 N–H and O–H groups in total. The maximum atomic E-state index is 5.74. The zero-order chi connectivity index (χ0) is 14.2. The first-order valence-corrected chi connectivity index (χ1v) is 6.95. The van der Waals surface area contributed by atoms with Crippen LogP contribution in [0.4, 0.5) is 0 Å². The molecule has 2 nitrogen and oxygen atoms in total. The van der Waals surface area contributed by atoms with Gasteiger partial charge in [-0.3, -0.25) is 0 Å². The number of benzene rings is 2. The van der Waals surface area contributed by atoms with Gasteiger partial charge in [0.1, 0.15) is 11.5 Å². The molecule has 0 unspecified atom stereocenters. The van der Waals surface area contributed by atoms with Gasteiger partial charge in [0.25, 0.3) is 0 Å². The molecule has 0 atom stereocenters. The molecule has 2 heteroatoms. The number of rotatable bonds is 7. The van der Waals surface area contributed by atoms with Crippen LogP contribution in [0.25, 0.3) is 0 Å². The van der Waals surface area contributed by atoms with Crippen molar-refractivity contribution in [2.75, 3.05) is 13.7 Å². The van der Waals surface area contributed by atoms with Crippen LogP contribution in [0, 0.1) is 6.42 Å². The Hall–Kier alpha value is -1.96. The van der Waals surface area contributed by atoms with E-state index < -0.39 is 0 Å². The van der Waals surface area contributed by atoms with Gasteiger partial charge in [0.05, 0.1) is 13.7 Å². The summed E-state index contributed by atoms with van der Waals surface area (Å²) in [5.74, 6) is 1.89. The Morgan fingerprint density at radius 1 is 1.00 bits per heavy atom. The molecule has 2 aromatic carbocycles. The van der Waals surface area contributed by atoms with Crippen molar-refractivity contribution in [3.05, 3.63) is 66.1 Å². The summed E-state index contributed by atoms with van der Waals surface area (Å²) < 4.78 is 11.0. The van der Waals surface area contributed by atoms with Crippen LogP contribution in [-0.2, 0) is 12.8 Å². The fourth-order valence-electron chi connectivity index (χ4n) is 2.13. The molecule has 0 spiro atoms. The Morgan fingerprint density at radius 3 is 2.65 bits per heavy atom. The van der Waals surface area contributed by atoms with Gasteiger partial charge in [-0.05, 0) is 48.6 Å². The van der Waals surface area contributed by atoms with Crippen LogP contribution in [0.2, 0.25) is 0 Å². The monoisotopic (exact) mass is 269 g/mol. The lowest BCUT2D eigenvalue weighted by atomic mass is 10.0. The topological polar surface area (TPSA) is 18.5 Å². The lowest BCUT2D eigenvalue weighted by Gasteiger charge is -2.11. The first-order valence-electron chi connectivity index (χ1n) is 6.95. The summed E-state index contributed by atoms with van der Waals surface area (Å²) in [4.78, 5) is 0. The fourth-order valence-corrected chi connectivity index (χ4v) is 2.13. The lowest BCUT2D eigenvalue weighted by molar-refractivity contribution is 0.345. The van der Waals surface area contributed by atoms with Crippen molar-refractivity contribution in [2.45, 2.75) is 19.8 Å². The average molecular weight is 269 g/mol. The second kappa shape index (κ2) is 7.59. The average Bonchev–Trinajstić information content (AvgIpc) is 2.52. The summed E-state index contributed by atoms with van der Waals surface area (Å²) in [6.45, 7) is 2.65. The summed E-state index contributed by atoms with van der Waals surface area (Å²) in [7, 11) is 1.70. The van der Waals surface area contributed by atoms with E-state index in [2.05, 4.69) is 24.3 Å². The summed E-state index contributed by atoms with van der Waals surface area (Å²) in [6.07, 6.45) is 3.96. The standard InChI is InChI=1S/C18H21O2/c1-3-13-20-18-10-5-4-8-16(18)12-11-15-7-6-9-17(14-15)19-2/h3-10,14H,11-13H2,1-2H3. The molecule has 0 heterocycles. The molecule has 0 aliphatic rings. The number of para-hydroxylation sites is 1. The third-order valence-corrected chi connectivity index (χ3v) is 3.20. The van der Waals surface area contributed by atoms with Gasteiger partial charge in [0.15, 0.2) is 0 Å². The highest BCUT2D eigenvalue weighted by atomic mass is 16.5. The number of ether oxygens (including phenoxy) is 2. The van der Waals surface area contributed by atoms with Crippen molar-refractivity contribution in [3.8, 4) is 11.5 Å². The molecule has 0 fully saturated rings. The van der Waals surface area contributed by atoms with Crippen molar-refractivity contribution in [1.29, 1.82) is 0 Å². The molecule has 0 aliphatic carbocycles. The molecule has 105 valence electrons. The van der Waals surface area contributed by atoms with Crippen molar-refractivity contribution < 1.29 is 9.47 Å². The highest BCUT2D eigenvalue weighted by molar-refractivity contribution is 5.35. The number of hydrogen-bond acceptors (Lipinski definition) is 2. The molecule has 0 amide bonds. The van der Waals surface area contributed by atoms with Crippen LogP contribution >= 0.6 is 0 Å². The molecule has 1 radical (unpaired) electrons. The van der Waals surface area contributed by atoms with Gasteiger partial charge < -0.3 is 9.47 Å². The summed E-state index contributed by atoms with van der Waals surface area (Å²) in [5.41, 5.74) is 2.53. The fraction of sp³-hybridized carbons (Fsp3) is 0.278. The van der Waals surface area contributed by atoms with Gasteiger partial charge >= 0.3 is 0 Å². The predicted molar refractivity (Wildman–Crippen MR) is 82.3 cm³/mol. The van der Waals surface area contributed by atoms with E-state index in [0.29, 0.717) is 6.61 Å². The van der Waals surface area contributed by atoms with E-state index in [1.165, 1.54) is 11.1 Å².